The van der Waals surface area contributed by atoms with Gasteiger partial charge in [0.25, 0.3) is 0 Å². The molecule has 2 heterocycles. The lowest BCUT2D eigenvalue weighted by Gasteiger charge is -2.70. The van der Waals surface area contributed by atoms with Crippen LogP contribution in [0.1, 0.15) is 125 Å². The monoisotopic (exact) mass is 719 g/mol. The Balaban J connectivity index is 1.22. The van der Waals surface area contributed by atoms with Crippen molar-refractivity contribution in [3.8, 4) is 0 Å². The Morgan fingerprint density at radius 1 is 0.981 bits per heavy atom. The molecule has 4 unspecified atom stereocenters. The van der Waals surface area contributed by atoms with Crippen LogP contribution in [0.4, 0.5) is 10.6 Å². The van der Waals surface area contributed by atoms with E-state index in [9.17, 15) is 14.7 Å². The standard InChI is InChI=1S/C42H65N5O5/c1-37(2,3)52-35(49)31(46-17-19-47(20-18-46)36(50)51)32(48)26-22-38(4,5)21-25-24(26)13-15-41(9)28(25)11-12-30-40(8)23-27-33(44-45-34(27)43)39(6,7)29(40)14-16-42(30,41)10/h11,24-26,29-31H,12-23H2,1-10H3,(H,50,51)(H3,43,44,45)/t24-,25?,26+,29?,30?,31?,40-,41+,42+/m0/s1. The molecule has 1 aliphatic heterocycles. The fraction of sp³-hybridized carbons (Fsp3) is 0.810. The van der Waals surface area contributed by atoms with E-state index in [1.165, 1.54) is 29.0 Å². The topological polar surface area (TPSA) is 142 Å². The summed E-state index contributed by atoms with van der Waals surface area (Å²) in [5, 5.41) is 17.4. The minimum Gasteiger partial charge on any atom is -0.465 e. The second-order valence-corrected chi connectivity index (χ2v) is 20.8. The number of rotatable bonds is 4. The van der Waals surface area contributed by atoms with Crippen molar-refractivity contribution < 1.29 is 24.2 Å². The number of nitrogen functional groups attached to an aromatic ring is 1. The van der Waals surface area contributed by atoms with Gasteiger partial charge in [0.15, 0.2) is 11.8 Å². The number of carboxylic acid groups (broad SMARTS) is 1. The van der Waals surface area contributed by atoms with Gasteiger partial charge in [0.1, 0.15) is 11.4 Å². The highest BCUT2D eigenvalue weighted by Gasteiger charge is 2.68. The molecule has 1 amide bonds. The van der Waals surface area contributed by atoms with E-state index < -0.39 is 23.7 Å². The molecule has 4 fully saturated rings. The van der Waals surface area contributed by atoms with E-state index in [2.05, 4.69) is 64.7 Å². The molecule has 1 aromatic rings. The number of Topliss-reactive ketones (excluding diaryl/α,β-unsaturated/α-hetero) is 1. The number of ketones is 1. The van der Waals surface area contributed by atoms with Crippen LogP contribution in [0.2, 0.25) is 0 Å². The Kier molecular flexibility index (Phi) is 8.68. The Hall–Kier alpha value is -2.88. The van der Waals surface area contributed by atoms with Crippen molar-refractivity contribution in [2.24, 2.45) is 51.2 Å². The second-order valence-electron chi connectivity index (χ2n) is 20.8. The van der Waals surface area contributed by atoms with Crippen LogP contribution in [0, 0.1) is 51.2 Å². The number of nitrogens with two attached hydrogens (primary N) is 1. The Labute approximate surface area is 311 Å². The molecular formula is C42H65N5O5. The van der Waals surface area contributed by atoms with Crippen LogP contribution in [0.15, 0.2) is 11.6 Å². The van der Waals surface area contributed by atoms with Gasteiger partial charge in [0.05, 0.1) is 0 Å². The molecule has 10 heteroatoms. The molecule has 0 radical (unpaired) electrons. The lowest BCUT2D eigenvalue weighted by Crippen LogP contribution is -2.64. The number of nitrogens with one attached hydrogen (secondary N) is 1. The molecule has 0 spiro atoms. The van der Waals surface area contributed by atoms with Gasteiger partial charge in [-0.05, 0) is 117 Å². The third-order valence-corrected chi connectivity index (χ3v) is 15.9. The fourth-order valence-electron chi connectivity index (χ4n) is 13.5. The molecule has 4 N–H and O–H groups in total. The number of ether oxygens (including phenoxy) is 1. The van der Waals surface area contributed by atoms with Crippen LogP contribution < -0.4 is 5.73 Å². The quantitative estimate of drug-likeness (QED) is 0.168. The van der Waals surface area contributed by atoms with E-state index in [1.807, 2.05) is 25.7 Å². The molecule has 5 aliphatic carbocycles. The number of hydrogen-bond acceptors (Lipinski definition) is 7. The molecule has 1 aromatic heterocycles. The van der Waals surface area contributed by atoms with Crippen molar-refractivity contribution in [3.05, 3.63) is 22.9 Å². The first kappa shape index (κ1) is 37.4. The van der Waals surface area contributed by atoms with E-state index in [-0.39, 0.29) is 63.7 Å². The highest BCUT2D eigenvalue weighted by atomic mass is 16.6. The minimum absolute atomic E-state index is 0.0101. The number of allylic oxidation sites excluding steroid dienone is 2. The average molecular weight is 720 g/mol. The molecule has 1 saturated heterocycles. The Morgan fingerprint density at radius 2 is 1.65 bits per heavy atom. The van der Waals surface area contributed by atoms with Crippen LogP contribution >= 0.6 is 0 Å². The smallest absolute Gasteiger partial charge is 0.407 e. The summed E-state index contributed by atoms with van der Waals surface area (Å²) in [5.74, 6) is 1.32. The number of esters is 1. The maximum absolute atomic E-state index is 15.1. The van der Waals surface area contributed by atoms with Crippen LogP contribution in [0.5, 0.6) is 0 Å². The number of carbonyl (C=O) groups is 3. The zero-order valence-electron chi connectivity index (χ0n) is 33.5. The number of fused-ring (bicyclic) bond motifs is 8. The first-order valence-electron chi connectivity index (χ1n) is 20.1. The van der Waals surface area contributed by atoms with Gasteiger partial charge < -0.3 is 20.5 Å². The number of aromatic amines is 1. The number of H-pyrrole nitrogens is 1. The highest BCUT2D eigenvalue weighted by Crippen LogP contribution is 2.74. The Morgan fingerprint density at radius 3 is 2.29 bits per heavy atom. The lowest BCUT2D eigenvalue weighted by molar-refractivity contribution is -0.168. The van der Waals surface area contributed by atoms with E-state index in [0.29, 0.717) is 30.7 Å². The van der Waals surface area contributed by atoms with E-state index in [4.69, 9.17) is 10.5 Å². The first-order valence-corrected chi connectivity index (χ1v) is 20.1. The van der Waals surface area contributed by atoms with Gasteiger partial charge in [0.2, 0.25) is 0 Å². The zero-order valence-corrected chi connectivity index (χ0v) is 33.5. The normalized spacial score (nSPS) is 38.7. The lowest BCUT2D eigenvalue weighted by atomic mass is 9.34. The van der Waals surface area contributed by atoms with Gasteiger partial charge in [-0.25, -0.2) is 9.59 Å². The summed E-state index contributed by atoms with van der Waals surface area (Å²) in [7, 11) is 0. The third kappa shape index (κ3) is 5.57. The summed E-state index contributed by atoms with van der Waals surface area (Å²) in [5.41, 5.74) is 9.87. The van der Waals surface area contributed by atoms with Gasteiger partial charge in [-0.1, -0.05) is 60.1 Å². The average Bonchev–Trinajstić information content (AvgIpc) is 3.40. The summed E-state index contributed by atoms with van der Waals surface area (Å²) in [6, 6.07) is -1.03. The highest BCUT2D eigenvalue weighted by molar-refractivity contribution is 6.04. The van der Waals surface area contributed by atoms with Crippen LogP contribution in [0.3, 0.4) is 0 Å². The van der Waals surface area contributed by atoms with Crippen molar-refractivity contribution in [1.82, 2.24) is 20.0 Å². The summed E-state index contributed by atoms with van der Waals surface area (Å²) in [4.78, 5) is 44.0. The van der Waals surface area contributed by atoms with Crippen LogP contribution in [-0.2, 0) is 26.2 Å². The number of nitrogens with zero attached hydrogens (tertiary/aromatic N) is 3. The molecule has 9 atom stereocenters. The molecule has 3 saturated carbocycles. The summed E-state index contributed by atoms with van der Waals surface area (Å²) in [6.07, 6.45) is 9.79. The van der Waals surface area contributed by atoms with Crippen molar-refractivity contribution in [1.29, 1.82) is 0 Å². The molecule has 7 rings (SSSR count). The van der Waals surface area contributed by atoms with Crippen LogP contribution in [-0.4, -0.2) is 80.8 Å². The van der Waals surface area contributed by atoms with E-state index >= 15 is 4.79 Å². The molecule has 10 nitrogen and oxygen atoms in total. The number of amides is 1. The SMILES string of the molecule is CC1(C)CC2C3=CCC4[C@@]5(C)Cc6c(N)n[nH]c6C(C)(C)C5CC[C@@]4(C)[C@]3(C)CC[C@@H]2[C@H](C(=O)C(C(=O)OC(C)(C)C)N2CCN(C(=O)O)CC2)C1. The molecular weight excluding hydrogens is 654 g/mol. The summed E-state index contributed by atoms with van der Waals surface area (Å²) < 4.78 is 5.94. The predicted molar refractivity (Wildman–Crippen MR) is 201 cm³/mol. The summed E-state index contributed by atoms with van der Waals surface area (Å²) >= 11 is 0. The molecule has 52 heavy (non-hydrogen) atoms. The maximum atomic E-state index is 15.1. The van der Waals surface area contributed by atoms with Crippen molar-refractivity contribution >= 4 is 23.7 Å². The number of piperazine rings is 1. The number of hydrogen-bond donors (Lipinski definition) is 3. The molecule has 288 valence electrons. The second kappa shape index (κ2) is 12.1. The van der Waals surface area contributed by atoms with Gasteiger partial charge >= 0.3 is 12.1 Å². The molecule has 0 bridgehead atoms. The van der Waals surface area contributed by atoms with Gasteiger partial charge in [-0.15, -0.1) is 0 Å². The largest absolute Gasteiger partial charge is 0.465 e. The number of carbonyl (C=O) groups excluding carboxylic acids is 2. The van der Waals surface area contributed by atoms with Gasteiger partial charge in [-0.2, -0.15) is 5.10 Å². The van der Waals surface area contributed by atoms with E-state index in [1.54, 1.807) is 5.57 Å². The zero-order chi connectivity index (χ0) is 38.0. The number of aromatic nitrogens is 2. The Bertz CT molecular complexity index is 1660. The van der Waals surface area contributed by atoms with Gasteiger partial charge in [0, 0.05) is 48.8 Å². The van der Waals surface area contributed by atoms with E-state index in [0.717, 1.165) is 38.5 Å². The summed E-state index contributed by atoms with van der Waals surface area (Å²) in [6.45, 7) is 23.8. The van der Waals surface area contributed by atoms with Gasteiger partial charge in [-0.3, -0.25) is 14.8 Å². The van der Waals surface area contributed by atoms with Crippen molar-refractivity contribution in [3.63, 3.8) is 0 Å². The third-order valence-electron chi connectivity index (χ3n) is 15.9. The maximum Gasteiger partial charge on any atom is 0.407 e. The van der Waals surface area contributed by atoms with Crippen LogP contribution in [0.25, 0.3) is 0 Å². The molecule has 0 aromatic carbocycles. The number of anilines is 1. The fourth-order valence-corrected chi connectivity index (χ4v) is 13.5. The van der Waals surface area contributed by atoms with Crippen molar-refractivity contribution in [2.75, 3.05) is 31.9 Å². The molecule has 6 aliphatic rings. The first-order chi connectivity index (χ1) is 24.0. The van der Waals surface area contributed by atoms with Crippen molar-refractivity contribution in [2.45, 2.75) is 138 Å². The predicted octanol–water partition coefficient (Wildman–Crippen LogP) is 7.24. The minimum atomic E-state index is -1.03.